The second-order valence-corrected chi connectivity index (χ2v) is 3.46. The summed E-state index contributed by atoms with van der Waals surface area (Å²) in [6.45, 7) is 0. The molecular formula is C11H12N2O. The summed E-state index contributed by atoms with van der Waals surface area (Å²) in [6.07, 6.45) is 2.31. The van der Waals surface area contributed by atoms with Gasteiger partial charge < -0.3 is 10.3 Å². The molecule has 0 aliphatic heterocycles. The molecular weight excluding hydrogens is 176 g/mol. The Bertz CT molecular complexity index is 485. The summed E-state index contributed by atoms with van der Waals surface area (Å²) in [6, 6.07) is 7.97. The second kappa shape index (κ2) is 3.18. The SMILES string of the molecule is Cn1ccc2cc(CC(N)=O)ccc21. The number of benzene rings is 1. The number of aromatic nitrogens is 1. The van der Waals surface area contributed by atoms with Crippen LogP contribution in [0.1, 0.15) is 5.56 Å². The number of nitrogens with two attached hydrogens (primary N) is 1. The number of aryl methyl sites for hydroxylation is 1. The van der Waals surface area contributed by atoms with Gasteiger partial charge in [0.2, 0.25) is 5.91 Å². The van der Waals surface area contributed by atoms with Crippen molar-refractivity contribution in [2.75, 3.05) is 0 Å². The number of amides is 1. The van der Waals surface area contributed by atoms with Gasteiger partial charge in [0.1, 0.15) is 0 Å². The fourth-order valence-corrected chi connectivity index (χ4v) is 1.64. The Labute approximate surface area is 82.1 Å². The molecule has 3 nitrogen and oxygen atoms in total. The lowest BCUT2D eigenvalue weighted by Crippen LogP contribution is -2.13. The van der Waals surface area contributed by atoms with Gasteiger partial charge in [-0.3, -0.25) is 4.79 Å². The van der Waals surface area contributed by atoms with E-state index in [0.29, 0.717) is 6.42 Å². The summed E-state index contributed by atoms with van der Waals surface area (Å²) in [4.78, 5) is 10.7. The number of carbonyl (C=O) groups excluding carboxylic acids is 1. The van der Waals surface area contributed by atoms with Crippen molar-refractivity contribution in [2.24, 2.45) is 12.8 Å². The Kier molecular flexibility index (Phi) is 2.00. The van der Waals surface area contributed by atoms with Crippen LogP contribution in [0.5, 0.6) is 0 Å². The van der Waals surface area contributed by atoms with Crippen molar-refractivity contribution in [1.82, 2.24) is 4.57 Å². The zero-order valence-electron chi connectivity index (χ0n) is 8.03. The minimum Gasteiger partial charge on any atom is -0.369 e. The summed E-state index contributed by atoms with van der Waals surface area (Å²) in [5.41, 5.74) is 7.26. The van der Waals surface area contributed by atoms with Crippen molar-refractivity contribution in [3.05, 3.63) is 36.0 Å². The van der Waals surface area contributed by atoms with Crippen LogP contribution in [0.25, 0.3) is 10.9 Å². The number of primary amides is 1. The van der Waals surface area contributed by atoms with E-state index in [4.69, 9.17) is 5.73 Å². The van der Waals surface area contributed by atoms with E-state index in [1.807, 2.05) is 42.1 Å². The van der Waals surface area contributed by atoms with Crippen LogP contribution in [0.2, 0.25) is 0 Å². The maximum atomic E-state index is 10.7. The molecule has 1 aromatic carbocycles. The normalized spacial score (nSPS) is 10.6. The fourth-order valence-electron chi connectivity index (χ4n) is 1.64. The number of carbonyl (C=O) groups is 1. The van der Waals surface area contributed by atoms with Crippen molar-refractivity contribution in [3.63, 3.8) is 0 Å². The van der Waals surface area contributed by atoms with Gasteiger partial charge in [0.05, 0.1) is 6.42 Å². The van der Waals surface area contributed by atoms with Crippen LogP contribution in [0.4, 0.5) is 0 Å². The predicted octanol–water partition coefficient (Wildman–Crippen LogP) is 1.21. The maximum Gasteiger partial charge on any atom is 0.221 e. The third-order valence-electron chi connectivity index (χ3n) is 2.33. The third-order valence-corrected chi connectivity index (χ3v) is 2.33. The molecule has 3 heteroatoms. The third kappa shape index (κ3) is 1.48. The summed E-state index contributed by atoms with van der Waals surface area (Å²) in [5.74, 6) is -0.291. The Morgan fingerprint density at radius 2 is 2.21 bits per heavy atom. The van der Waals surface area contributed by atoms with Gasteiger partial charge in [-0.05, 0) is 29.1 Å². The molecule has 2 rings (SSSR count). The van der Waals surface area contributed by atoms with Gasteiger partial charge in [-0.2, -0.15) is 0 Å². The van der Waals surface area contributed by atoms with Gasteiger partial charge in [0, 0.05) is 18.8 Å². The van der Waals surface area contributed by atoms with Crippen LogP contribution in [-0.4, -0.2) is 10.5 Å². The Morgan fingerprint density at radius 3 is 2.93 bits per heavy atom. The highest BCUT2D eigenvalue weighted by atomic mass is 16.1. The molecule has 0 atom stereocenters. The van der Waals surface area contributed by atoms with Crippen LogP contribution in [0.3, 0.4) is 0 Å². The van der Waals surface area contributed by atoms with Crippen LogP contribution in [-0.2, 0) is 18.3 Å². The molecule has 2 aromatic rings. The molecule has 0 aliphatic rings. The number of nitrogens with zero attached hydrogens (tertiary/aromatic N) is 1. The molecule has 0 unspecified atom stereocenters. The van der Waals surface area contributed by atoms with Gasteiger partial charge in [-0.15, -0.1) is 0 Å². The first-order chi connectivity index (χ1) is 6.66. The van der Waals surface area contributed by atoms with E-state index < -0.39 is 0 Å². The summed E-state index contributed by atoms with van der Waals surface area (Å²) >= 11 is 0. The van der Waals surface area contributed by atoms with Gasteiger partial charge in [0.25, 0.3) is 0 Å². The summed E-state index contributed by atoms with van der Waals surface area (Å²) in [7, 11) is 2.00. The van der Waals surface area contributed by atoms with Gasteiger partial charge in [-0.1, -0.05) is 6.07 Å². The number of fused-ring (bicyclic) bond motifs is 1. The minimum atomic E-state index is -0.291. The summed E-state index contributed by atoms with van der Waals surface area (Å²) in [5, 5.41) is 1.14. The lowest BCUT2D eigenvalue weighted by Gasteiger charge is -1.99. The van der Waals surface area contributed by atoms with E-state index in [1.54, 1.807) is 0 Å². The molecule has 0 saturated carbocycles. The molecule has 1 heterocycles. The zero-order chi connectivity index (χ0) is 10.1. The molecule has 0 spiro atoms. The molecule has 14 heavy (non-hydrogen) atoms. The first-order valence-corrected chi connectivity index (χ1v) is 4.49. The highest BCUT2D eigenvalue weighted by Crippen LogP contribution is 2.16. The number of hydrogen-bond donors (Lipinski definition) is 1. The van der Waals surface area contributed by atoms with E-state index in [2.05, 4.69) is 0 Å². The number of hydrogen-bond acceptors (Lipinski definition) is 1. The Morgan fingerprint density at radius 1 is 1.43 bits per heavy atom. The van der Waals surface area contributed by atoms with E-state index in [9.17, 15) is 4.79 Å². The van der Waals surface area contributed by atoms with Crippen molar-refractivity contribution < 1.29 is 4.79 Å². The molecule has 0 fully saturated rings. The smallest absolute Gasteiger partial charge is 0.221 e. The average Bonchev–Trinajstić information content (AvgIpc) is 2.46. The quantitative estimate of drug-likeness (QED) is 0.756. The van der Waals surface area contributed by atoms with Crippen LogP contribution < -0.4 is 5.73 Å². The largest absolute Gasteiger partial charge is 0.369 e. The Hall–Kier alpha value is -1.77. The molecule has 0 saturated heterocycles. The molecule has 0 bridgehead atoms. The second-order valence-electron chi connectivity index (χ2n) is 3.46. The maximum absolute atomic E-state index is 10.7. The first-order valence-electron chi connectivity index (χ1n) is 4.49. The highest BCUT2D eigenvalue weighted by molar-refractivity contribution is 5.83. The van der Waals surface area contributed by atoms with Crippen molar-refractivity contribution in [2.45, 2.75) is 6.42 Å². The molecule has 0 aliphatic carbocycles. The lowest BCUT2D eigenvalue weighted by atomic mass is 10.1. The van der Waals surface area contributed by atoms with E-state index in [1.165, 1.54) is 5.52 Å². The molecule has 1 aromatic heterocycles. The van der Waals surface area contributed by atoms with Crippen molar-refractivity contribution >= 4 is 16.8 Å². The van der Waals surface area contributed by atoms with Crippen LogP contribution >= 0.6 is 0 Å². The van der Waals surface area contributed by atoms with E-state index in [-0.39, 0.29) is 5.91 Å². The highest BCUT2D eigenvalue weighted by Gasteiger charge is 2.01. The predicted molar refractivity (Wildman–Crippen MR) is 55.8 cm³/mol. The van der Waals surface area contributed by atoms with E-state index in [0.717, 1.165) is 10.9 Å². The lowest BCUT2D eigenvalue weighted by molar-refractivity contribution is -0.117. The summed E-state index contributed by atoms with van der Waals surface area (Å²) < 4.78 is 2.05. The van der Waals surface area contributed by atoms with Crippen molar-refractivity contribution in [1.29, 1.82) is 0 Å². The standard InChI is InChI=1S/C11H12N2O/c1-13-5-4-9-6-8(7-11(12)14)2-3-10(9)13/h2-6H,7H2,1H3,(H2,12,14). The van der Waals surface area contributed by atoms with E-state index >= 15 is 0 Å². The number of rotatable bonds is 2. The Balaban J connectivity index is 2.46. The molecule has 2 N–H and O–H groups in total. The molecule has 1 amide bonds. The monoisotopic (exact) mass is 188 g/mol. The van der Waals surface area contributed by atoms with Crippen LogP contribution in [0.15, 0.2) is 30.5 Å². The molecule has 72 valence electrons. The first kappa shape index (κ1) is 8.81. The van der Waals surface area contributed by atoms with Gasteiger partial charge in [0.15, 0.2) is 0 Å². The van der Waals surface area contributed by atoms with Crippen molar-refractivity contribution in [3.8, 4) is 0 Å². The minimum absolute atomic E-state index is 0.291. The van der Waals surface area contributed by atoms with Crippen LogP contribution in [0, 0.1) is 0 Å². The molecule has 0 radical (unpaired) electrons. The van der Waals surface area contributed by atoms with Gasteiger partial charge >= 0.3 is 0 Å². The zero-order valence-corrected chi connectivity index (χ0v) is 8.03. The topological polar surface area (TPSA) is 48.0 Å². The average molecular weight is 188 g/mol. The fraction of sp³-hybridized carbons (Fsp3) is 0.182. The van der Waals surface area contributed by atoms with Gasteiger partial charge in [-0.25, -0.2) is 0 Å².